The number of methoxy groups -OCH3 is 2. The van der Waals surface area contributed by atoms with E-state index in [0.29, 0.717) is 17.1 Å². The van der Waals surface area contributed by atoms with Gasteiger partial charge in [0, 0.05) is 5.54 Å². The van der Waals surface area contributed by atoms with Crippen molar-refractivity contribution in [3.8, 4) is 11.5 Å². The zero-order valence-electron chi connectivity index (χ0n) is 11.0. The van der Waals surface area contributed by atoms with Crippen molar-refractivity contribution >= 4 is 0 Å². The van der Waals surface area contributed by atoms with E-state index in [4.69, 9.17) is 15.2 Å². The van der Waals surface area contributed by atoms with Crippen molar-refractivity contribution in [1.82, 2.24) is 0 Å². The molecule has 0 bridgehead atoms. The second-order valence-electron chi connectivity index (χ2n) is 4.86. The van der Waals surface area contributed by atoms with E-state index in [1.165, 1.54) is 0 Å². The minimum atomic E-state index is -0.533. The summed E-state index contributed by atoms with van der Waals surface area (Å²) >= 11 is 0. The standard InChI is InChI=1S/C14H20FNO2/c1-17-12-7-10(9-15)11(8-13(12)18-2)14(16)5-3-4-6-14/h7-8H,3-6,9,16H2,1-2H3. The summed E-state index contributed by atoms with van der Waals surface area (Å²) in [6.45, 7) is -0.533. The Hall–Kier alpha value is -1.29. The SMILES string of the molecule is COc1cc(CF)c(C2(N)CCCC2)cc1OC. The fourth-order valence-electron chi connectivity index (χ4n) is 2.77. The summed E-state index contributed by atoms with van der Waals surface area (Å²) in [6.07, 6.45) is 3.98. The average Bonchev–Trinajstić information content (AvgIpc) is 2.85. The number of hydrogen-bond donors (Lipinski definition) is 1. The molecular weight excluding hydrogens is 233 g/mol. The van der Waals surface area contributed by atoms with Gasteiger partial charge >= 0.3 is 0 Å². The number of hydrogen-bond acceptors (Lipinski definition) is 3. The Morgan fingerprint density at radius 3 is 2.22 bits per heavy atom. The van der Waals surface area contributed by atoms with Crippen molar-refractivity contribution in [3.63, 3.8) is 0 Å². The Morgan fingerprint density at radius 1 is 1.17 bits per heavy atom. The molecule has 0 spiro atoms. The Bertz CT molecular complexity index is 428. The third kappa shape index (κ3) is 2.17. The van der Waals surface area contributed by atoms with Crippen LogP contribution in [0.25, 0.3) is 0 Å². The molecule has 1 aromatic carbocycles. The lowest BCUT2D eigenvalue weighted by Crippen LogP contribution is -2.34. The third-order valence-corrected chi connectivity index (χ3v) is 3.79. The van der Waals surface area contributed by atoms with Gasteiger partial charge in [-0.1, -0.05) is 12.8 Å². The van der Waals surface area contributed by atoms with Gasteiger partial charge in [-0.25, -0.2) is 4.39 Å². The summed E-state index contributed by atoms with van der Waals surface area (Å²) in [5.41, 5.74) is 7.46. The van der Waals surface area contributed by atoms with Crippen molar-refractivity contribution in [2.45, 2.75) is 37.9 Å². The summed E-state index contributed by atoms with van der Waals surface area (Å²) in [4.78, 5) is 0. The maximum absolute atomic E-state index is 13.2. The second kappa shape index (κ2) is 5.14. The highest BCUT2D eigenvalue weighted by molar-refractivity contribution is 5.49. The molecule has 1 aromatic rings. The maximum Gasteiger partial charge on any atom is 0.161 e. The monoisotopic (exact) mass is 253 g/mol. The molecule has 4 heteroatoms. The highest BCUT2D eigenvalue weighted by Gasteiger charge is 2.34. The molecule has 2 rings (SSSR count). The molecule has 1 fully saturated rings. The van der Waals surface area contributed by atoms with E-state index < -0.39 is 12.2 Å². The lowest BCUT2D eigenvalue weighted by molar-refractivity contribution is 0.349. The van der Waals surface area contributed by atoms with Crippen LogP contribution in [0, 0.1) is 0 Å². The minimum absolute atomic E-state index is 0.416. The van der Waals surface area contributed by atoms with E-state index >= 15 is 0 Å². The number of halogens is 1. The molecule has 0 amide bonds. The van der Waals surface area contributed by atoms with Crippen molar-refractivity contribution in [2.75, 3.05) is 14.2 Å². The first-order chi connectivity index (χ1) is 8.64. The van der Waals surface area contributed by atoms with E-state index in [0.717, 1.165) is 31.2 Å². The third-order valence-electron chi connectivity index (χ3n) is 3.79. The van der Waals surface area contributed by atoms with Crippen LogP contribution in [-0.4, -0.2) is 14.2 Å². The van der Waals surface area contributed by atoms with Crippen LogP contribution in [0.3, 0.4) is 0 Å². The van der Waals surface area contributed by atoms with Crippen LogP contribution in [-0.2, 0) is 12.2 Å². The van der Waals surface area contributed by atoms with Gasteiger partial charge in [0.25, 0.3) is 0 Å². The minimum Gasteiger partial charge on any atom is -0.493 e. The summed E-state index contributed by atoms with van der Waals surface area (Å²) in [5, 5.41) is 0. The van der Waals surface area contributed by atoms with Gasteiger partial charge in [-0.3, -0.25) is 0 Å². The molecule has 2 N–H and O–H groups in total. The molecule has 0 unspecified atom stereocenters. The van der Waals surface area contributed by atoms with Crippen LogP contribution in [0.4, 0.5) is 4.39 Å². The molecule has 0 aromatic heterocycles. The molecule has 0 atom stereocenters. The first-order valence-corrected chi connectivity index (χ1v) is 6.25. The first-order valence-electron chi connectivity index (χ1n) is 6.25. The predicted molar refractivity (Wildman–Crippen MR) is 68.7 cm³/mol. The van der Waals surface area contributed by atoms with E-state index in [1.54, 1.807) is 20.3 Å². The molecule has 100 valence electrons. The quantitative estimate of drug-likeness (QED) is 0.897. The van der Waals surface area contributed by atoms with E-state index in [2.05, 4.69) is 0 Å². The highest BCUT2D eigenvalue weighted by atomic mass is 19.1. The summed E-state index contributed by atoms with van der Waals surface area (Å²) < 4.78 is 23.7. The van der Waals surface area contributed by atoms with Crippen LogP contribution in [0.5, 0.6) is 11.5 Å². The van der Waals surface area contributed by atoms with E-state index in [9.17, 15) is 4.39 Å². The van der Waals surface area contributed by atoms with Crippen LogP contribution >= 0.6 is 0 Å². The van der Waals surface area contributed by atoms with Gasteiger partial charge in [0.1, 0.15) is 6.67 Å². The molecule has 18 heavy (non-hydrogen) atoms. The normalized spacial score (nSPS) is 17.8. The highest BCUT2D eigenvalue weighted by Crippen LogP contribution is 2.42. The zero-order chi connectivity index (χ0) is 13.2. The molecule has 0 radical (unpaired) electrons. The van der Waals surface area contributed by atoms with Crippen LogP contribution in [0.1, 0.15) is 36.8 Å². The van der Waals surface area contributed by atoms with Crippen LogP contribution < -0.4 is 15.2 Å². The summed E-state index contributed by atoms with van der Waals surface area (Å²) in [6, 6.07) is 3.53. The Labute approximate surface area is 107 Å². The van der Waals surface area contributed by atoms with Gasteiger partial charge in [0.2, 0.25) is 0 Å². The van der Waals surface area contributed by atoms with Gasteiger partial charge in [-0.2, -0.15) is 0 Å². The van der Waals surface area contributed by atoms with Crippen molar-refractivity contribution in [3.05, 3.63) is 23.3 Å². The van der Waals surface area contributed by atoms with Crippen molar-refractivity contribution < 1.29 is 13.9 Å². The number of alkyl halides is 1. The fraction of sp³-hybridized carbons (Fsp3) is 0.571. The molecule has 0 aliphatic heterocycles. The maximum atomic E-state index is 13.2. The Morgan fingerprint density at radius 2 is 1.72 bits per heavy atom. The molecule has 3 nitrogen and oxygen atoms in total. The molecule has 0 heterocycles. The van der Waals surface area contributed by atoms with Gasteiger partial charge < -0.3 is 15.2 Å². The predicted octanol–water partition coefficient (Wildman–Crippen LogP) is 2.90. The summed E-state index contributed by atoms with van der Waals surface area (Å²) in [7, 11) is 3.13. The van der Waals surface area contributed by atoms with Crippen molar-refractivity contribution in [1.29, 1.82) is 0 Å². The Balaban J connectivity index is 2.51. The molecule has 0 saturated heterocycles. The number of ether oxygens (including phenoxy) is 2. The van der Waals surface area contributed by atoms with Gasteiger partial charge in [0.05, 0.1) is 14.2 Å². The first kappa shape index (κ1) is 13.1. The lowest BCUT2D eigenvalue weighted by atomic mass is 9.86. The number of rotatable bonds is 4. The topological polar surface area (TPSA) is 44.5 Å². The fourth-order valence-corrected chi connectivity index (χ4v) is 2.77. The molecule has 1 aliphatic rings. The van der Waals surface area contributed by atoms with Crippen LogP contribution in [0.15, 0.2) is 12.1 Å². The van der Waals surface area contributed by atoms with Gasteiger partial charge in [-0.05, 0) is 36.1 Å². The summed E-state index contributed by atoms with van der Waals surface area (Å²) in [5.74, 6) is 1.16. The van der Waals surface area contributed by atoms with Gasteiger partial charge in [-0.15, -0.1) is 0 Å². The second-order valence-corrected chi connectivity index (χ2v) is 4.86. The molecule has 1 saturated carbocycles. The van der Waals surface area contributed by atoms with E-state index in [1.807, 2.05) is 6.07 Å². The Kier molecular flexibility index (Phi) is 3.76. The van der Waals surface area contributed by atoms with Crippen molar-refractivity contribution in [2.24, 2.45) is 5.73 Å². The number of benzene rings is 1. The largest absolute Gasteiger partial charge is 0.493 e. The smallest absolute Gasteiger partial charge is 0.161 e. The van der Waals surface area contributed by atoms with Gasteiger partial charge in [0.15, 0.2) is 11.5 Å². The van der Waals surface area contributed by atoms with E-state index in [-0.39, 0.29) is 0 Å². The molecular formula is C14H20FNO2. The number of nitrogens with two attached hydrogens (primary N) is 1. The average molecular weight is 253 g/mol. The molecule has 1 aliphatic carbocycles. The zero-order valence-corrected chi connectivity index (χ0v) is 11.0. The van der Waals surface area contributed by atoms with Crippen LogP contribution in [0.2, 0.25) is 0 Å². The lowest BCUT2D eigenvalue weighted by Gasteiger charge is -2.27.